The van der Waals surface area contributed by atoms with E-state index < -0.39 is 5.97 Å². The maximum Gasteiger partial charge on any atom is 0.335 e. The molecule has 1 N–H and O–H groups in total. The highest BCUT2D eigenvalue weighted by molar-refractivity contribution is 5.88. The van der Waals surface area contributed by atoms with Gasteiger partial charge in [0.05, 0.1) is 5.56 Å². The molecule has 0 amide bonds. The van der Waals surface area contributed by atoms with Crippen LogP contribution in [0.4, 0.5) is 0 Å². The number of benzene rings is 1. The fourth-order valence-corrected chi connectivity index (χ4v) is 1.70. The molecule has 1 heterocycles. The molecule has 5 nitrogen and oxygen atoms in total. The standard InChI is InChI=1S/C15H12N2O3/c1-9-7-11(15(18)19)5-6-13(9)20-14-12(8-16)4-3-10(2)17-14/h3-7H,1-2H3,(H,18,19). The Kier molecular flexibility index (Phi) is 3.67. The number of carbonyl (C=O) groups is 1. The zero-order chi connectivity index (χ0) is 14.7. The number of hydrogen-bond donors (Lipinski definition) is 1. The van der Waals surface area contributed by atoms with Crippen molar-refractivity contribution in [3.63, 3.8) is 0 Å². The summed E-state index contributed by atoms with van der Waals surface area (Å²) < 4.78 is 5.62. The number of nitrogens with zero attached hydrogens (tertiary/aromatic N) is 2. The Bertz CT molecular complexity index is 718. The van der Waals surface area contributed by atoms with Crippen LogP contribution in [0, 0.1) is 25.2 Å². The van der Waals surface area contributed by atoms with Crippen molar-refractivity contribution >= 4 is 5.97 Å². The molecule has 20 heavy (non-hydrogen) atoms. The molecule has 0 aliphatic rings. The van der Waals surface area contributed by atoms with E-state index in [0.717, 1.165) is 5.69 Å². The Morgan fingerprint density at radius 1 is 1.30 bits per heavy atom. The van der Waals surface area contributed by atoms with E-state index in [1.54, 1.807) is 32.0 Å². The summed E-state index contributed by atoms with van der Waals surface area (Å²) in [5.41, 5.74) is 1.92. The van der Waals surface area contributed by atoms with Gasteiger partial charge in [0.2, 0.25) is 5.88 Å². The van der Waals surface area contributed by atoms with E-state index in [1.807, 2.05) is 6.07 Å². The molecule has 100 valence electrons. The van der Waals surface area contributed by atoms with Crippen LogP contribution in [0.25, 0.3) is 0 Å². The van der Waals surface area contributed by atoms with Gasteiger partial charge in [-0.3, -0.25) is 0 Å². The lowest BCUT2D eigenvalue weighted by Crippen LogP contribution is -1.99. The molecule has 0 aliphatic carbocycles. The highest BCUT2D eigenvalue weighted by Gasteiger charge is 2.11. The molecule has 2 aromatic rings. The third kappa shape index (κ3) is 2.75. The number of nitriles is 1. The number of pyridine rings is 1. The van der Waals surface area contributed by atoms with E-state index in [0.29, 0.717) is 16.9 Å². The van der Waals surface area contributed by atoms with E-state index in [9.17, 15) is 4.79 Å². The number of carboxylic acids is 1. The number of aromatic nitrogens is 1. The summed E-state index contributed by atoms with van der Waals surface area (Å²) in [5, 5.41) is 17.9. The lowest BCUT2D eigenvalue weighted by molar-refractivity contribution is 0.0697. The lowest BCUT2D eigenvalue weighted by atomic mass is 10.1. The van der Waals surface area contributed by atoms with Crippen LogP contribution in [-0.4, -0.2) is 16.1 Å². The quantitative estimate of drug-likeness (QED) is 0.924. The summed E-state index contributed by atoms with van der Waals surface area (Å²) in [6, 6.07) is 9.90. The van der Waals surface area contributed by atoms with Gasteiger partial charge in [0.1, 0.15) is 17.4 Å². The van der Waals surface area contributed by atoms with Crippen LogP contribution in [-0.2, 0) is 0 Å². The van der Waals surface area contributed by atoms with Gasteiger partial charge in [0.25, 0.3) is 0 Å². The van der Waals surface area contributed by atoms with Crippen molar-refractivity contribution in [3.05, 3.63) is 52.7 Å². The van der Waals surface area contributed by atoms with Gasteiger partial charge in [0, 0.05) is 5.69 Å². The van der Waals surface area contributed by atoms with Crippen molar-refractivity contribution in [2.75, 3.05) is 0 Å². The van der Waals surface area contributed by atoms with Gasteiger partial charge in [-0.1, -0.05) is 0 Å². The van der Waals surface area contributed by atoms with Crippen LogP contribution in [0.3, 0.4) is 0 Å². The predicted octanol–water partition coefficient (Wildman–Crippen LogP) is 3.06. The van der Waals surface area contributed by atoms with Gasteiger partial charge in [-0.25, -0.2) is 9.78 Å². The molecule has 0 unspecified atom stereocenters. The molecule has 0 fully saturated rings. The maximum absolute atomic E-state index is 10.9. The number of hydrogen-bond acceptors (Lipinski definition) is 4. The molecule has 0 spiro atoms. The first-order chi connectivity index (χ1) is 9.51. The third-order valence-electron chi connectivity index (χ3n) is 2.75. The van der Waals surface area contributed by atoms with Crippen molar-refractivity contribution in [2.45, 2.75) is 13.8 Å². The average molecular weight is 268 g/mol. The highest BCUT2D eigenvalue weighted by Crippen LogP contribution is 2.27. The molecule has 0 saturated heterocycles. The first-order valence-corrected chi connectivity index (χ1v) is 5.91. The van der Waals surface area contributed by atoms with Gasteiger partial charge < -0.3 is 9.84 Å². The summed E-state index contributed by atoms with van der Waals surface area (Å²) >= 11 is 0. The molecule has 0 saturated carbocycles. The molecular formula is C15H12N2O3. The first-order valence-electron chi connectivity index (χ1n) is 5.91. The van der Waals surface area contributed by atoms with Gasteiger partial charge >= 0.3 is 5.97 Å². The molecule has 0 atom stereocenters. The van der Waals surface area contributed by atoms with Crippen LogP contribution in [0.2, 0.25) is 0 Å². The van der Waals surface area contributed by atoms with Crippen LogP contribution in [0.1, 0.15) is 27.2 Å². The Labute approximate surface area is 116 Å². The average Bonchev–Trinajstić information content (AvgIpc) is 2.41. The summed E-state index contributed by atoms with van der Waals surface area (Å²) in [6.07, 6.45) is 0. The van der Waals surface area contributed by atoms with Crippen molar-refractivity contribution in [1.82, 2.24) is 4.98 Å². The smallest absolute Gasteiger partial charge is 0.335 e. The third-order valence-corrected chi connectivity index (χ3v) is 2.75. The Morgan fingerprint density at radius 3 is 2.65 bits per heavy atom. The number of ether oxygens (including phenoxy) is 1. The van der Waals surface area contributed by atoms with Crippen molar-refractivity contribution in [3.8, 4) is 17.7 Å². The van der Waals surface area contributed by atoms with Gasteiger partial charge in [-0.2, -0.15) is 5.26 Å². The minimum absolute atomic E-state index is 0.188. The second-order valence-electron chi connectivity index (χ2n) is 4.30. The van der Waals surface area contributed by atoms with Gasteiger partial charge in [-0.15, -0.1) is 0 Å². The van der Waals surface area contributed by atoms with Gasteiger partial charge in [-0.05, 0) is 49.7 Å². The summed E-state index contributed by atoms with van der Waals surface area (Å²) in [4.78, 5) is 15.0. The van der Waals surface area contributed by atoms with E-state index in [4.69, 9.17) is 15.1 Å². The molecule has 0 bridgehead atoms. The van der Waals surface area contributed by atoms with Crippen LogP contribution in [0.15, 0.2) is 30.3 Å². The van der Waals surface area contributed by atoms with Gasteiger partial charge in [0.15, 0.2) is 0 Å². The SMILES string of the molecule is Cc1ccc(C#N)c(Oc2ccc(C(=O)O)cc2C)n1. The number of carboxylic acid groups (broad SMARTS) is 1. The molecule has 5 heteroatoms. The Hall–Kier alpha value is -2.87. The summed E-state index contributed by atoms with van der Waals surface area (Å²) in [5.74, 6) is -0.297. The number of aromatic carboxylic acids is 1. The zero-order valence-electron chi connectivity index (χ0n) is 11.0. The van der Waals surface area contributed by atoms with E-state index in [1.165, 1.54) is 12.1 Å². The minimum atomic E-state index is -0.994. The normalized spacial score (nSPS) is 9.85. The first kappa shape index (κ1) is 13.6. The summed E-state index contributed by atoms with van der Waals surface area (Å²) in [6.45, 7) is 3.54. The van der Waals surface area contributed by atoms with E-state index in [2.05, 4.69) is 4.98 Å². The van der Waals surface area contributed by atoms with Crippen LogP contribution < -0.4 is 4.74 Å². The largest absolute Gasteiger partial charge is 0.478 e. The maximum atomic E-state index is 10.9. The van der Waals surface area contributed by atoms with Crippen molar-refractivity contribution in [1.29, 1.82) is 5.26 Å². The second kappa shape index (κ2) is 5.41. The molecular weight excluding hydrogens is 256 g/mol. The molecule has 1 aromatic carbocycles. The number of rotatable bonds is 3. The molecule has 2 rings (SSSR count). The number of aryl methyl sites for hydroxylation is 2. The predicted molar refractivity (Wildman–Crippen MR) is 71.9 cm³/mol. The van der Waals surface area contributed by atoms with Crippen LogP contribution in [0.5, 0.6) is 11.6 Å². The second-order valence-corrected chi connectivity index (χ2v) is 4.30. The van der Waals surface area contributed by atoms with Crippen LogP contribution >= 0.6 is 0 Å². The van der Waals surface area contributed by atoms with E-state index >= 15 is 0 Å². The Balaban J connectivity index is 2.38. The monoisotopic (exact) mass is 268 g/mol. The molecule has 0 aliphatic heterocycles. The topological polar surface area (TPSA) is 83.2 Å². The molecule has 0 radical (unpaired) electrons. The van der Waals surface area contributed by atoms with E-state index in [-0.39, 0.29) is 11.4 Å². The van der Waals surface area contributed by atoms with Crippen molar-refractivity contribution in [2.24, 2.45) is 0 Å². The summed E-state index contributed by atoms with van der Waals surface area (Å²) in [7, 11) is 0. The molecule has 1 aromatic heterocycles. The highest BCUT2D eigenvalue weighted by atomic mass is 16.5. The fraction of sp³-hybridized carbons (Fsp3) is 0.133. The zero-order valence-corrected chi connectivity index (χ0v) is 11.0. The lowest BCUT2D eigenvalue weighted by Gasteiger charge is -2.10. The fourth-order valence-electron chi connectivity index (χ4n) is 1.70. The van der Waals surface area contributed by atoms with Crippen molar-refractivity contribution < 1.29 is 14.6 Å². The Morgan fingerprint density at radius 2 is 2.05 bits per heavy atom. The minimum Gasteiger partial charge on any atom is -0.478 e.